The van der Waals surface area contributed by atoms with Crippen molar-refractivity contribution in [1.82, 2.24) is 0 Å². The van der Waals surface area contributed by atoms with Crippen molar-refractivity contribution in [2.24, 2.45) is 0 Å². The molecule has 7 heteroatoms. The van der Waals surface area contributed by atoms with Gasteiger partial charge in [-0.2, -0.15) is 0 Å². The number of nitrogens with zero attached hydrogens (tertiary/aromatic N) is 2. The Hall–Kier alpha value is -2.48. The fraction of sp³-hybridized carbons (Fsp3) is 0.0476. The maximum atomic E-state index is 13.4. The van der Waals surface area contributed by atoms with E-state index in [1.54, 1.807) is 78.9 Å². The summed E-state index contributed by atoms with van der Waals surface area (Å²) >= 11 is 6.71. The molecule has 3 aromatic rings. The van der Waals surface area contributed by atoms with Gasteiger partial charge >= 0.3 is 6.03 Å². The summed E-state index contributed by atoms with van der Waals surface area (Å²) in [6, 6.07) is 21.5. The average Bonchev–Trinajstić information content (AvgIpc) is 2.91. The van der Waals surface area contributed by atoms with Gasteiger partial charge in [-0.1, -0.05) is 62.2 Å². The largest absolute Gasteiger partial charge is 0.359 e. The predicted octanol–water partition coefficient (Wildman–Crippen LogP) is 5.03. The van der Waals surface area contributed by atoms with Crippen LogP contribution in [0.15, 0.2) is 87.8 Å². The Balaban J connectivity index is 1.90. The van der Waals surface area contributed by atoms with E-state index in [1.807, 2.05) is 0 Å². The standard InChI is InChI=1S/C21H14Br2N2O3/c22-15-6-10-17(11-7-15)24-19(26)21(28,14-4-2-1-3-5-14)25(20(24)27)18-12-8-16(23)9-13-18/h1-13,28H. The van der Waals surface area contributed by atoms with Gasteiger partial charge in [0.2, 0.25) is 0 Å². The molecule has 0 saturated carbocycles. The van der Waals surface area contributed by atoms with Crippen LogP contribution in [0, 0.1) is 0 Å². The first-order valence-electron chi connectivity index (χ1n) is 8.40. The monoisotopic (exact) mass is 500 g/mol. The van der Waals surface area contributed by atoms with E-state index in [1.165, 1.54) is 0 Å². The van der Waals surface area contributed by atoms with E-state index in [-0.39, 0.29) is 0 Å². The van der Waals surface area contributed by atoms with Gasteiger partial charge in [-0.25, -0.2) is 9.69 Å². The number of aliphatic hydroxyl groups is 1. The molecule has 0 aliphatic carbocycles. The number of hydrogen-bond acceptors (Lipinski definition) is 3. The van der Waals surface area contributed by atoms with E-state index in [0.29, 0.717) is 16.9 Å². The van der Waals surface area contributed by atoms with Crippen molar-refractivity contribution in [2.75, 3.05) is 9.80 Å². The van der Waals surface area contributed by atoms with E-state index in [9.17, 15) is 14.7 Å². The number of anilines is 2. The topological polar surface area (TPSA) is 60.9 Å². The normalized spacial score (nSPS) is 19.4. The molecule has 140 valence electrons. The number of benzene rings is 3. The lowest BCUT2D eigenvalue weighted by Gasteiger charge is -2.30. The lowest BCUT2D eigenvalue weighted by Crippen LogP contribution is -2.47. The SMILES string of the molecule is O=C1N(c2ccc(Br)cc2)C(=O)C(O)(c2ccccc2)N1c1ccc(Br)cc1. The molecule has 1 N–H and O–H groups in total. The summed E-state index contributed by atoms with van der Waals surface area (Å²) in [5.41, 5.74) is -1.05. The minimum Gasteiger partial charge on any atom is -0.359 e. The fourth-order valence-electron chi connectivity index (χ4n) is 3.21. The van der Waals surface area contributed by atoms with Crippen molar-refractivity contribution >= 4 is 55.2 Å². The number of carbonyl (C=O) groups excluding carboxylic acids is 2. The van der Waals surface area contributed by atoms with Crippen molar-refractivity contribution in [3.8, 4) is 0 Å². The number of amides is 3. The molecule has 1 unspecified atom stereocenters. The zero-order chi connectivity index (χ0) is 19.9. The van der Waals surface area contributed by atoms with Crippen LogP contribution in [0.4, 0.5) is 16.2 Å². The number of urea groups is 1. The molecule has 0 bridgehead atoms. The van der Waals surface area contributed by atoms with Gasteiger partial charge in [0.15, 0.2) is 0 Å². The molecule has 28 heavy (non-hydrogen) atoms. The Kier molecular flexibility index (Phi) is 4.82. The minimum absolute atomic E-state index is 0.316. The molecule has 0 radical (unpaired) electrons. The van der Waals surface area contributed by atoms with Gasteiger partial charge < -0.3 is 5.11 Å². The van der Waals surface area contributed by atoms with Crippen LogP contribution in [0.5, 0.6) is 0 Å². The Bertz CT molecular complexity index is 1040. The molecule has 3 aromatic carbocycles. The molecule has 4 rings (SSSR count). The molecule has 3 amide bonds. The maximum Gasteiger partial charge on any atom is 0.339 e. The third-order valence-electron chi connectivity index (χ3n) is 4.55. The molecule has 1 saturated heterocycles. The van der Waals surface area contributed by atoms with E-state index >= 15 is 0 Å². The van der Waals surface area contributed by atoms with Crippen LogP contribution in [0.2, 0.25) is 0 Å². The molecule has 1 fully saturated rings. The summed E-state index contributed by atoms with van der Waals surface area (Å²) in [7, 11) is 0. The first-order chi connectivity index (χ1) is 13.4. The van der Waals surface area contributed by atoms with Crippen LogP contribution in [0.25, 0.3) is 0 Å². The van der Waals surface area contributed by atoms with Crippen molar-refractivity contribution in [1.29, 1.82) is 0 Å². The van der Waals surface area contributed by atoms with Gasteiger partial charge in [-0.15, -0.1) is 0 Å². The molecule has 0 aromatic heterocycles. The Morgan fingerprint density at radius 2 is 1.21 bits per heavy atom. The summed E-state index contributed by atoms with van der Waals surface area (Å²) in [6.07, 6.45) is 0. The van der Waals surface area contributed by atoms with Crippen molar-refractivity contribution in [3.63, 3.8) is 0 Å². The smallest absolute Gasteiger partial charge is 0.339 e. The van der Waals surface area contributed by atoms with E-state index in [0.717, 1.165) is 18.7 Å². The predicted molar refractivity (Wildman–Crippen MR) is 114 cm³/mol. The highest BCUT2D eigenvalue weighted by molar-refractivity contribution is 9.10. The zero-order valence-electron chi connectivity index (χ0n) is 14.4. The first kappa shape index (κ1) is 18.9. The summed E-state index contributed by atoms with van der Waals surface area (Å²) in [6.45, 7) is 0. The zero-order valence-corrected chi connectivity index (χ0v) is 17.6. The molecule has 1 aliphatic rings. The highest BCUT2D eigenvalue weighted by Gasteiger charge is 2.59. The second-order valence-corrected chi connectivity index (χ2v) is 8.08. The van der Waals surface area contributed by atoms with Crippen LogP contribution >= 0.6 is 31.9 Å². The van der Waals surface area contributed by atoms with Gasteiger partial charge in [0.05, 0.1) is 5.69 Å². The number of halogens is 2. The maximum absolute atomic E-state index is 13.4. The molecule has 1 atom stereocenters. The van der Waals surface area contributed by atoms with E-state index in [2.05, 4.69) is 31.9 Å². The quantitative estimate of drug-likeness (QED) is 0.512. The lowest BCUT2D eigenvalue weighted by molar-refractivity contribution is -0.133. The van der Waals surface area contributed by atoms with Crippen molar-refractivity contribution in [2.45, 2.75) is 5.72 Å². The van der Waals surface area contributed by atoms with E-state index in [4.69, 9.17) is 0 Å². The average molecular weight is 502 g/mol. The van der Waals surface area contributed by atoms with Crippen LogP contribution in [0.3, 0.4) is 0 Å². The fourth-order valence-corrected chi connectivity index (χ4v) is 3.73. The number of hydrogen-bond donors (Lipinski definition) is 1. The van der Waals surface area contributed by atoms with Gasteiger partial charge in [0.1, 0.15) is 0 Å². The van der Waals surface area contributed by atoms with Crippen LogP contribution in [-0.2, 0) is 10.5 Å². The molecule has 1 aliphatic heterocycles. The summed E-state index contributed by atoms with van der Waals surface area (Å²) in [5.74, 6) is -0.728. The third kappa shape index (κ3) is 2.96. The molecule has 5 nitrogen and oxygen atoms in total. The third-order valence-corrected chi connectivity index (χ3v) is 5.61. The lowest BCUT2D eigenvalue weighted by atomic mass is 10.0. The first-order valence-corrected chi connectivity index (χ1v) is 9.99. The Morgan fingerprint density at radius 1 is 0.714 bits per heavy atom. The van der Waals surface area contributed by atoms with Gasteiger partial charge in [0.25, 0.3) is 11.6 Å². The van der Waals surface area contributed by atoms with Crippen LogP contribution in [-0.4, -0.2) is 17.0 Å². The van der Waals surface area contributed by atoms with Crippen molar-refractivity contribution in [3.05, 3.63) is 93.4 Å². The molecular formula is C21H14Br2N2O3. The highest BCUT2D eigenvalue weighted by atomic mass is 79.9. The van der Waals surface area contributed by atoms with Crippen LogP contribution in [0.1, 0.15) is 5.56 Å². The molecule has 0 spiro atoms. The Morgan fingerprint density at radius 3 is 1.75 bits per heavy atom. The minimum atomic E-state index is -2.15. The second kappa shape index (κ2) is 7.16. The number of imide groups is 1. The summed E-state index contributed by atoms with van der Waals surface area (Å²) < 4.78 is 1.64. The van der Waals surface area contributed by atoms with Gasteiger partial charge in [-0.3, -0.25) is 9.69 Å². The van der Waals surface area contributed by atoms with Gasteiger partial charge in [-0.05, 0) is 48.5 Å². The summed E-state index contributed by atoms with van der Waals surface area (Å²) in [5, 5.41) is 11.6. The highest BCUT2D eigenvalue weighted by Crippen LogP contribution is 2.41. The summed E-state index contributed by atoms with van der Waals surface area (Å²) in [4.78, 5) is 28.8. The van der Waals surface area contributed by atoms with Crippen LogP contribution < -0.4 is 9.80 Å². The molecular weight excluding hydrogens is 488 g/mol. The second-order valence-electron chi connectivity index (χ2n) is 6.25. The van der Waals surface area contributed by atoms with E-state index < -0.39 is 17.7 Å². The van der Waals surface area contributed by atoms with Crippen molar-refractivity contribution < 1.29 is 14.7 Å². The molecule has 1 heterocycles. The number of rotatable bonds is 3. The van der Waals surface area contributed by atoms with Gasteiger partial charge in [0, 0.05) is 20.2 Å². The number of carbonyl (C=O) groups is 2. The Labute approximate surface area is 178 Å².